The maximum Gasteiger partial charge on any atom is 0.264 e. The van der Waals surface area contributed by atoms with E-state index in [4.69, 9.17) is 9.57 Å². The molecule has 29 heavy (non-hydrogen) atoms. The molecule has 8 nitrogen and oxygen atoms in total. The molecule has 156 valence electrons. The van der Waals surface area contributed by atoms with Gasteiger partial charge >= 0.3 is 0 Å². The number of morpholine rings is 1. The van der Waals surface area contributed by atoms with Crippen molar-refractivity contribution in [3.8, 4) is 0 Å². The van der Waals surface area contributed by atoms with Gasteiger partial charge in [-0.05, 0) is 35.9 Å². The van der Waals surface area contributed by atoms with Gasteiger partial charge in [0.2, 0.25) is 0 Å². The first-order valence-electron chi connectivity index (χ1n) is 9.25. The molecule has 3 rings (SSSR count). The molecule has 1 aliphatic rings. The number of benzene rings is 2. The molecule has 0 spiro atoms. The van der Waals surface area contributed by atoms with Crippen LogP contribution in [0.2, 0.25) is 0 Å². The summed E-state index contributed by atoms with van der Waals surface area (Å²) < 4.78 is 30.8. The summed E-state index contributed by atoms with van der Waals surface area (Å²) in [6.45, 7) is 3.54. The SMILES string of the molecule is CON(C)S(=O)(=O)c1cccc(C(=O)NCc2ccc(N3CCOCC3)cc2)c1. The van der Waals surface area contributed by atoms with Crippen LogP contribution >= 0.6 is 0 Å². The molecule has 0 aliphatic carbocycles. The minimum absolute atomic E-state index is 0.00985. The summed E-state index contributed by atoms with van der Waals surface area (Å²) in [7, 11) is -1.25. The summed E-state index contributed by atoms with van der Waals surface area (Å²) in [5.41, 5.74) is 2.35. The van der Waals surface area contributed by atoms with E-state index >= 15 is 0 Å². The minimum atomic E-state index is -3.81. The van der Waals surface area contributed by atoms with Crippen molar-refractivity contribution in [3.63, 3.8) is 0 Å². The highest BCUT2D eigenvalue weighted by atomic mass is 32.2. The van der Waals surface area contributed by atoms with E-state index in [1.807, 2.05) is 24.3 Å². The molecule has 0 radical (unpaired) electrons. The van der Waals surface area contributed by atoms with Gasteiger partial charge in [0.05, 0.1) is 25.2 Å². The number of sulfonamides is 1. The average Bonchev–Trinajstić information content (AvgIpc) is 2.77. The smallest absolute Gasteiger partial charge is 0.264 e. The Balaban J connectivity index is 1.63. The van der Waals surface area contributed by atoms with Crippen LogP contribution in [0.1, 0.15) is 15.9 Å². The first-order chi connectivity index (χ1) is 13.9. The molecule has 1 N–H and O–H groups in total. The molecule has 0 bridgehead atoms. The lowest BCUT2D eigenvalue weighted by Crippen LogP contribution is -2.36. The van der Waals surface area contributed by atoms with Gasteiger partial charge in [-0.3, -0.25) is 9.63 Å². The van der Waals surface area contributed by atoms with Gasteiger partial charge in [-0.2, -0.15) is 0 Å². The van der Waals surface area contributed by atoms with E-state index in [2.05, 4.69) is 10.2 Å². The van der Waals surface area contributed by atoms with Crippen molar-refractivity contribution < 1.29 is 22.8 Å². The van der Waals surface area contributed by atoms with Crippen molar-refractivity contribution in [1.29, 1.82) is 0 Å². The van der Waals surface area contributed by atoms with Crippen LogP contribution in [0.4, 0.5) is 5.69 Å². The van der Waals surface area contributed by atoms with Crippen molar-refractivity contribution in [1.82, 2.24) is 9.79 Å². The fourth-order valence-electron chi connectivity index (χ4n) is 2.97. The monoisotopic (exact) mass is 419 g/mol. The number of amides is 1. The third-order valence-corrected chi connectivity index (χ3v) is 6.43. The van der Waals surface area contributed by atoms with Gasteiger partial charge in [0.15, 0.2) is 0 Å². The summed E-state index contributed by atoms with van der Waals surface area (Å²) in [6, 6.07) is 13.9. The topological polar surface area (TPSA) is 88.2 Å². The number of hydrogen-bond acceptors (Lipinski definition) is 6. The lowest BCUT2D eigenvalue weighted by Gasteiger charge is -2.28. The number of carbonyl (C=O) groups excluding carboxylic acids is 1. The summed E-state index contributed by atoms with van der Waals surface area (Å²) in [6.07, 6.45) is 0. The molecule has 9 heteroatoms. The number of nitrogens with one attached hydrogen (secondary N) is 1. The number of nitrogens with zero attached hydrogens (tertiary/aromatic N) is 2. The molecule has 2 aromatic carbocycles. The van der Waals surface area contributed by atoms with Gasteiger partial charge in [-0.15, -0.1) is 0 Å². The second-order valence-electron chi connectivity index (χ2n) is 6.57. The predicted molar refractivity (Wildman–Crippen MR) is 109 cm³/mol. The van der Waals surface area contributed by atoms with Crippen LogP contribution in [-0.4, -0.2) is 59.3 Å². The highest BCUT2D eigenvalue weighted by molar-refractivity contribution is 7.89. The second-order valence-corrected chi connectivity index (χ2v) is 8.51. The fourth-order valence-corrected chi connectivity index (χ4v) is 3.99. The Morgan fingerprint density at radius 2 is 1.86 bits per heavy atom. The van der Waals surface area contributed by atoms with Crippen LogP contribution in [0.15, 0.2) is 53.4 Å². The Morgan fingerprint density at radius 1 is 1.17 bits per heavy atom. The number of carbonyl (C=O) groups is 1. The number of hydroxylamine groups is 1. The lowest BCUT2D eigenvalue weighted by atomic mass is 10.1. The zero-order chi connectivity index (χ0) is 20.9. The first-order valence-corrected chi connectivity index (χ1v) is 10.7. The molecular formula is C20H25N3O5S. The molecule has 1 amide bonds. The van der Waals surface area contributed by atoms with Crippen LogP contribution in [0.3, 0.4) is 0 Å². The average molecular weight is 420 g/mol. The molecule has 1 aliphatic heterocycles. The number of hydrogen-bond donors (Lipinski definition) is 1. The molecule has 0 unspecified atom stereocenters. The first kappa shape index (κ1) is 21.3. The lowest BCUT2D eigenvalue weighted by molar-refractivity contribution is -0.0258. The van der Waals surface area contributed by atoms with Crippen LogP contribution in [0.5, 0.6) is 0 Å². The summed E-state index contributed by atoms with van der Waals surface area (Å²) in [5.74, 6) is -0.348. The van der Waals surface area contributed by atoms with Gasteiger partial charge < -0.3 is 15.0 Å². The van der Waals surface area contributed by atoms with Gasteiger partial charge in [0.25, 0.3) is 15.9 Å². The number of rotatable bonds is 7. The maximum absolute atomic E-state index is 12.5. The molecule has 2 aromatic rings. The van der Waals surface area contributed by atoms with E-state index in [0.29, 0.717) is 6.54 Å². The molecule has 0 aromatic heterocycles. The van der Waals surface area contributed by atoms with E-state index in [-0.39, 0.29) is 16.4 Å². The molecule has 0 saturated carbocycles. The largest absolute Gasteiger partial charge is 0.378 e. The van der Waals surface area contributed by atoms with Crippen molar-refractivity contribution >= 4 is 21.6 Å². The summed E-state index contributed by atoms with van der Waals surface area (Å²) in [4.78, 5) is 19.5. The minimum Gasteiger partial charge on any atom is -0.378 e. The molecule has 1 saturated heterocycles. The van der Waals surface area contributed by atoms with Crippen molar-refractivity contribution in [2.45, 2.75) is 11.4 Å². The van der Waals surface area contributed by atoms with E-state index < -0.39 is 10.0 Å². The van der Waals surface area contributed by atoms with Crippen LogP contribution in [0, 0.1) is 0 Å². The van der Waals surface area contributed by atoms with Crippen LogP contribution in [-0.2, 0) is 26.1 Å². The zero-order valence-corrected chi connectivity index (χ0v) is 17.3. The molecular weight excluding hydrogens is 394 g/mol. The molecule has 0 atom stereocenters. The molecule has 1 heterocycles. The fraction of sp³-hybridized carbons (Fsp3) is 0.350. The Kier molecular flexibility index (Phi) is 6.86. The Labute approximate surface area is 171 Å². The highest BCUT2D eigenvalue weighted by Crippen LogP contribution is 2.18. The van der Waals surface area contributed by atoms with Gasteiger partial charge in [-0.1, -0.05) is 22.7 Å². The van der Waals surface area contributed by atoms with Crippen molar-refractivity contribution in [2.75, 3.05) is 45.4 Å². The van der Waals surface area contributed by atoms with Gasteiger partial charge in [0, 0.05) is 37.9 Å². The van der Waals surface area contributed by atoms with Gasteiger partial charge in [0.1, 0.15) is 0 Å². The van der Waals surface area contributed by atoms with Crippen molar-refractivity contribution in [2.24, 2.45) is 0 Å². The number of ether oxygens (including phenoxy) is 1. The number of anilines is 1. The van der Waals surface area contributed by atoms with Crippen LogP contribution < -0.4 is 10.2 Å². The van der Waals surface area contributed by atoms with E-state index in [9.17, 15) is 13.2 Å². The Bertz CT molecular complexity index is 941. The van der Waals surface area contributed by atoms with E-state index in [0.717, 1.165) is 42.0 Å². The highest BCUT2D eigenvalue weighted by Gasteiger charge is 2.22. The quantitative estimate of drug-likeness (QED) is 0.687. The van der Waals surface area contributed by atoms with E-state index in [1.54, 1.807) is 6.07 Å². The maximum atomic E-state index is 12.5. The predicted octanol–water partition coefficient (Wildman–Crippen LogP) is 1.64. The Hall–Kier alpha value is -2.46. The third-order valence-electron chi connectivity index (χ3n) is 4.76. The summed E-state index contributed by atoms with van der Waals surface area (Å²) >= 11 is 0. The van der Waals surface area contributed by atoms with Crippen LogP contribution in [0.25, 0.3) is 0 Å². The van der Waals surface area contributed by atoms with Gasteiger partial charge in [-0.25, -0.2) is 8.42 Å². The Morgan fingerprint density at radius 3 is 2.52 bits per heavy atom. The third kappa shape index (κ3) is 5.13. The second kappa shape index (κ2) is 9.36. The zero-order valence-electron chi connectivity index (χ0n) is 16.5. The summed E-state index contributed by atoms with van der Waals surface area (Å²) in [5, 5.41) is 2.82. The molecule has 1 fully saturated rings. The standard InChI is InChI=1S/C20H25N3O5S/c1-22(27-2)29(25,26)19-5-3-4-17(14-19)20(24)21-15-16-6-8-18(9-7-16)23-10-12-28-13-11-23/h3-9,14H,10-13,15H2,1-2H3,(H,21,24). The normalized spacial score (nSPS) is 14.8. The van der Waals surface area contributed by atoms with Crippen molar-refractivity contribution in [3.05, 3.63) is 59.7 Å². The van der Waals surface area contributed by atoms with E-state index in [1.165, 1.54) is 32.4 Å².